The Morgan fingerprint density at radius 3 is 2.45 bits per heavy atom. The average molecular weight is 301 g/mol. The van der Waals surface area contributed by atoms with E-state index in [1.165, 1.54) is 36.8 Å². The fraction of sp³-hybridized carbons (Fsp3) is 0.632. The summed E-state index contributed by atoms with van der Waals surface area (Å²) in [6.07, 6.45) is 5.83. The number of piperidine rings is 1. The number of nitrogens with zero attached hydrogens (tertiary/aromatic N) is 1. The Morgan fingerprint density at radius 1 is 1.18 bits per heavy atom. The van der Waals surface area contributed by atoms with Crippen LogP contribution in [0, 0.1) is 12.8 Å². The lowest BCUT2D eigenvalue weighted by Crippen LogP contribution is -2.43. The van der Waals surface area contributed by atoms with E-state index in [0.717, 1.165) is 25.4 Å². The summed E-state index contributed by atoms with van der Waals surface area (Å²) < 4.78 is 5.29. The number of hydrogen-bond donors (Lipinski definition) is 0. The smallest absolute Gasteiger partial charge is 0.323 e. The fourth-order valence-electron chi connectivity index (χ4n) is 3.71. The molecule has 2 atom stereocenters. The molecule has 2 fully saturated rings. The standard InChI is InChI=1S/C19H27NO2/c1-14-3-5-16(6-4-14)7-8-17-9-11-20(12-10-17)18-13-15(2)22-19(18)21/h3-6,15,17-18H,7-13H2,1-2H3. The minimum Gasteiger partial charge on any atom is -0.461 e. The first-order valence-electron chi connectivity index (χ1n) is 8.62. The summed E-state index contributed by atoms with van der Waals surface area (Å²) in [5, 5.41) is 0. The van der Waals surface area contributed by atoms with Crippen LogP contribution < -0.4 is 0 Å². The molecular weight excluding hydrogens is 274 g/mol. The van der Waals surface area contributed by atoms with Crippen molar-refractivity contribution >= 4 is 5.97 Å². The molecule has 3 nitrogen and oxygen atoms in total. The SMILES string of the molecule is Cc1ccc(CCC2CCN(C3CC(C)OC3=O)CC2)cc1. The van der Waals surface area contributed by atoms with Crippen LogP contribution in [0.2, 0.25) is 0 Å². The molecule has 2 aliphatic rings. The Labute approximate surface area is 133 Å². The normalized spacial score (nSPS) is 27.1. The molecule has 0 spiro atoms. The van der Waals surface area contributed by atoms with Gasteiger partial charge in [0.2, 0.25) is 0 Å². The highest BCUT2D eigenvalue weighted by atomic mass is 16.6. The van der Waals surface area contributed by atoms with Gasteiger partial charge in [0, 0.05) is 6.42 Å². The van der Waals surface area contributed by atoms with Crippen molar-refractivity contribution in [3.05, 3.63) is 35.4 Å². The number of carbonyl (C=O) groups excluding carboxylic acids is 1. The number of hydrogen-bond acceptors (Lipinski definition) is 3. The van der Waals surface area contributed by atoms with Crippen LogP contribution >= 0.6 is 0 Å². The molecule has 2 heterocycles. The van der Waals surface area contributed by atoms with Crippen molar-refractivity contribution in [3.8, 4) is 0 Å². The van der Waals surface area contributed by atoms with E-state index in [-0.39, 0.29) is 18.1 Å². The second-order valence-electron chi connectivity index (χ2n) is 7.00. The first-order valence-corrected chi connectivity index (χ1v) is 8.62. The first kappa shape index (κ1) is 15.5. The Morgan fingerprint density at radius 2 is 1.86 bits per heavy atom. The first-order chi connectivity index (χ1) is 10.6. The predicted octanol–water partition coefficient (Wildman–Crippen LogP) is 3.34. The predicted molar refractivity (Wildman–Crippen MR) is 87.8 cm³/mol. The summed E-state index contributed by atoms with van der Waals surface area (Å²) in [6, 6.07) is 8.92. The van der Waals surface area contributed by atoms with Gasteiger partial charge in [0.1, 0.15) is 12.1 Å². The maximum Gasteiger partial charge on any atom is 0.323 e. The molecule has 0 aliphatic carbocycles. The number of benzene rings is 1. The van der Waals surface area contributed by atoms with Crippen LogP contribution in [0.25, 0.3) is 0 Å². The number of cyclic esters (lactones) is 1. The number of ether oxygens (including phenoxy) is 1. The van der Waals surface area contributed by atoms with Gasteiger partial charge in [-0.05, 0) is 64.1 Å². The van der Waals surface area contributed by atoms with Gasteiger partial charge in [-0.2, -0.15) is 0 Å². The Kier molecular flexibility index (Phi) is 4.82. The van der Waals surface area contributed by atoms with Gasteiger partial charge in [-0.15, -0.1) is 0 Å². The van der Waals surface area contributed by atoms with Crippen LogP contribution in [0.4, 0.5) is 0 Å². The third-order valence-corrected chi connectivity index (χ3v) is 5.20. The second-order valence-corrected chi connectivity index (χ2v) is 7.00. The van der Waals surface area contributed by atoms with E-state index in [1.54, 1.807) is 0 Å². The number of esters is 1. The summed E-state index contributed by atoms with van der Waals surface area (Å²) in [4.78, 5) is 14.2. The van der Waals surface area contributed by atoms with Crippen molar-refractivity contribution < 1.29 is 9.53 Å². The van der Waals surface area contributed by atoms with Crippen molar-refractivity contribution in [2.45, 2.75) is 58.1 Å². The molecule has 3 heteroatoms. The van der Waals surface area contributed by atoms with Crippen LogP contribution in [-0.4, -0.2) is 36.1 Å². The van der Waals surface area contributed by atoms with Crippen LogP contribution in [0.15, 0.2) is 24.3 Å². The van der Waals surface area contributed by atoms with Crippen LogP contribution in [0.3, 0.4) is 0 Å². The minimum absolute atomic E-state index is 0.00870. The summed E-state index contributed by atoms with van der Waals surface area (Å²) >= 11 is 0. The van der Waals surface area contributed by atoms with Gasteiger partial charge in [0.15, 0.2) is 0 Å². The molecule has 0 saturated carbocycles. The number of rotatable bonds is 4. The van der Waals surface area contributed by atoms with Crippen LogP contribution in [0.1, 0.15) is 43.7 Å². The highest BCUT2D eigenvalue weighted by Gasteiger charge is 2.37. The largest absolute Gasteiger partial charge is 0.461 e. The minimum atomic E-state index is -0.00870. The van der Waals surface area contributed by atoms with E-state index in [9.17, 15) is 4.79 Å². The number of aryl methyl sites for hydroxylation is 2. The van der Waals surface area contributed by atoms with Crippen molar-refractivity contribution in [1.82, 2.24) is 4.90 Å². The summed E-state index contributed by atoms with van der Waals surface area (Å²) in [6.45, 7) is 6.22. The van der Waals surface area contributed by atoms with Crippen LogP contribution in [-0.2, 0) is 16.0 Å². The van der Waals surface area contributed by atoms with E-state index >= 15 is 0 Å². The molecule has 0 aromatic heterocycles. The molecule has 120 valence electrons. The lowest BCUT2D eigenvalue weighted by Gasteiger charge is -2.34. The molecule has 2 unspecified atom stereocenters. The molecule has 0 bridgehead atoms. The molecular formula is C19H27NO2. The highest BCUT2D eigenvalue weighted by molar-refractivity contribution is 5.78. The van der Waals surface area contributed by atoms with Gasteiger partial charge in [-0.1, -0.05) is 29.8 Å². The topological polar surface area (TPSA) is 29.5 Å². The maximum absolute atomic E-state index is 11.8. The molecule has 3 rings (SSSR count). The molecule has 2 saturated heterocycles. The Balaban J connectivity index is 1.44. The van der Waals surface area contributed by atoms with E-state index in [0.29, 0.717) is 0 Å². The molecule has 0 amide bonds. The average Bonchev–Trinajstić information content (AvgIpc) is 2.86. The quantitative estimate of drug-likeness (QED) is 0.799. The third kappa shape index (κ3) is 3.70. The van der Waals surface area contributed by atoms with Crippen molar-refractivity contribution in [2.75, 3.05) is 13.1 Å². The zero-order valence-electron chi connectivity index (χ0n) is 13.8. The van der Waals surface area contributed by atoms with E-state index in [1.807, 2.05) is 6.92 Å². The lowest BCUT2D eigenvalue weighted by molar-refractivity contribution is -0.145. The molecule has 2 aliphatic heterocycles. The van der Waals surface area contributed by atoms with Gasteiger partial charge in [0.25, 0.3) is 0 Å². The molecule has 1 aromatic carbocycles. The second kappa shape index (κ2) is 6.82. The van der Waals surface area contributed by atoms with E-state index in [4.69, 9.17) is 4.74 Å². The summed E-state index contributed by atoms with van der Waals surface area (Å²) in [5.41, 5.74) is 2.77. The summed E-state index contributed by atoms with van der Waals surface area (Å²) in [5.74, 6) is 0.790. The van der Waals surface area contributed by atoms with Crippen molar-refractivity contribution in [2.24, 2.45) is 5.92 Å². The van der Waals surface area contributed by atoms with Gasteiger partial charge >= 0.3 is 5.97 Å². The van der Waals surface area contributed by atoms with Crippen molar-refractivity contribution in [3.63, 3.8) is 0 Å². The lowest BCUT2D eigenvalue weighted by atomic mass is 9.89. The summed E-state index contributed by atoms with van der Waals surface area (Å²) in [7, 11) is 0. The van der Waals surface area contributed by atoms with Crippen LogP contribution in [0.5, 0.6) is 0 Å². The molecule has 1 aromatic rings. The zero-order valence-corrected chi connectivity index (χ0v) is 13.8. The highest BCUT2D eigenvalue weighted by Crippen LogP contribution is 2.27. The van der Waals surface area contributed by atoms with Gasteiger partial charge in [0.05, 0.1) is 0 Å². The van der Waals surface area contributed by atoms with Gasteiger partial charge < -0.3 is 4.74 Å². The Hall–Kier alpha value is -1.35. The van der Waals surface area contributed by atoms with Crippen molar-refractivity contribution in [1.29, 1.82) is 0 Å². The number of carbonyl (C=O) groups is 1. The van der Waals surface area contributed by atoms with Gasteiger partial charge in [-0.3, -0.25) is 9.69 Å². The Bertz CT molecular complexity index is 503. The van der Waals surface area contributed by atoms with E-state index in [2.05, 4.69) is 36.1 Å². The fourth-order valence-corrected chi connectivity index (χ4v) is 3.71. The zero-order chi connectivity index (χ0) is 15.5. The van der Waals surface area contributed by atoms with Gasteiger partial charge in [-0.25, -0.2) is 0 Å². The monoisotopic (exact) mass is 301 g/mol. The van der Waals surface area contributed by atoms with E-state index < -0.39 is 0 Å². The third-order valence-electron chi connectivity index (χ3n) is 5.20. The molecule has 22 heavy (non-hydrogen) atoms. The maximum atomic E-state index is 11.8. The molecule has 0 N–H and O–H groups in total. The number of likely N-dealkylation sites (tertiary alicyclic amines) is 1. The molecule has 0 radical (unpaired) electrons.